The molecular weight excluding hydrogens is 334 g/mol. The molecule has 21 heavy (non-hydrogen) atoms. The van der Waals surface area contributed by atoms with E-state index in [1.54, 1.807) is 4.90 Å². The second kappa shape index (κ2) is 5.81. The van der Waals surface area contributed by atoms with Crippen LogP contribution in [0.5, 0.6) is 0 Å². The van der Waals surface area contributed by atoms with Crippen molar-refractivity contribution in [3.8, 4) is 0 Å². The molecular formula is C15H14BrN3O2. The molecule has 0 atom stereocenters. The number of halogens is 1. The van der Waals surface area contributed by atoms with E-state index >= 15 is 0 Å². The lowest BCUT2D eigenvalue weighted by Gasteiger charge is -2.39. The molecule has 1 fully saturated rings. The van der Waals surface area contributed by atoms with Crippen molar-refractivity contribution in [2.75, 3.05) is 13.1 Å². The first kappa shape index (κ1) is 14.0. The molecule has 1 aromatic carbocycles. The van der Waals surface area contributed by atoms with E-state index in [4.69, 9.17) is 0 Å². The Balaban J connectivity index is 1.57. The van der Waals surface area contributed by atoms with Crippen LogP contribution in [-0.4, -0.2) is 34.1 Å². The van der Waals surface area contributed by atoms with Gasteiger partial charge in [0, 0.05) is 23.6 Å². The maximum absolute atomic E-state index is 12.1. The second-order valence-electron chi connectivity index (χ2n) is 5.24. The summed E-state index contributed by atoms with van der Waals surface area (Å²) >= 11 is 3.42. The van der Waals surface area contributed by atoms with Gasteiger partial charge < -0.3 is 4.90 Å². The number of aromatic amines is 1. The molecule has 1 aliphatic rings. The Bertz CT molecular complexity index is 705. The minimum absolute atomic E-state index is 0.124. The van der Waals surface area contributed by atoms with E-state index in [0.29, 0.717) is 11.5 Å². The van der Waals surface area contributed by atoms with E-state index in [0.717, 1.165) is 24.0 Å². The van der Waals surface area contributed by atoms with Gasteiger partial charge in [0.25, 0.3) is 11.5 Å². The molecule has 0 aliphatic carbocycles. The number of benzene rings is 1. The highest BCUT2D eigenvalue weighted by molar-refractivity contribution is 9.10. The third kappa shape index (κ3) is 3.21. The average Bonchev–Trinajstić information content (AvgIpc) is 2.44. The summed E-state index contributed by atoms with van der Waals surface area (Å²) in [5.74, 6) is 0.353. The highest BCUT2D eigenvalue weighted by Gasteiger charge is 2.31. The third-order valence-electron chi connectivity index (χ3n) is 3.59. The summed E-state index contributed by atoms with van der Waals surface area (Å²) in [6.07, 6.45) is 2.36. The van der Waals surface area contributed by atoms with Gasteiger partial charge >= 0.3 is 0 Å². The molecule has 0 spiro atoms. The van der Waals surface area contributed by atoms with Crippen molar-refractivity contribution in [2.24, 2.45) is 5.92 Å². The summed E-state index contributed by atoms with van der Waals surface area (Å²) < 4.78 is 1.07. The highest BCUT2D eigenvalue weighted by atomic mass is 79.9. The molecule has 1 N–H and O–H groups in total. The number of aromatic nitrogens is 2. The molecule has 3 rings (SSSR count). The van der Waals surface area contributed by atoms with E-state index in [1.165, 1.54) is 17.8 Å². The van der Waals surface area contributed by atoms with Crippen molar-refractivity contribution in [2.45, 2.75) is 6.42 Å². The third-order valence-corrected chi connectivity index (χ3v) is 4.12. The molecule has 1 aromatic heterocycles. The van der Waals surface area contributed by atoms with Crippen LogP contribution in [0.3, 0.4) is 0 Å². The maximum atomic E-state index is 12.1. The normalized spacial score (nSPS) is 14.8. The van der Waals surface area contributed by atoms with Crippen LogP contribution in [0.4, 0.5) is 0 Å². The first-order chi connectivity index (χ1) is 10.1. The van der Waals surface area contributed by atoms with E-state index in [-0.39, 0.29) is 11.5 Å². The SMILES string of the molecule is O=C(c1cn[nH]c(=O)c1)N1CC(Cc2ccc(Br)cc2)C1. The van der Waals surface area contributed by atoms with Crippen LogP contribution in [0.15, 0.2) is 45.8 Å². The van der Waals surface area contributed by atoms with Gasteiger partial charge in [-0.05, 0) is 30.0 Å². The largest absolute Gasteiger partial charge is 0.338 e. The number of hydrogen-bond acceptors (Lipinski definition) is 3. The zero-order valence-electron chi connectivity index (χ0n) is 11.3. The van der Waals surface area contributed by atoms with E-state index in [2.05, 4.69) is 38.3 Å². The first-order valence-electron chi connectivity index (χ1n) is 6.70. The first-order valence-corrected chi connectivity index (χ1v) is 7.49. The molecule has 2 aromatic rings. The molecule has 0 radical (unpaired) electrons. The predicted molar refractivity (Wildman–Crippen MR) is 82.1 cm³/mol. The van der Waals surface area contributed by atoms with E-state index in [1.807, 2.05) is 12.1 Å². The molecule has 0 saturated carbocycles. The van der Waals surface area contributed by atoms with Gasteiger partial charge in [0.15, 0.2) is 0 Å². The summed E-state index contributed by atoms with van der Waals surface area (Å²) in [4.78, 5) is 25.1. The standard InChI is InChI=1S/C15H14BrN3O2/c16-13-3-1-10(2-4-13)5-11-8-19(9-11)15(21)12-6-14(20)18-17-7-12/h1-4,6-7,11H,5,8-9H2,(H,18,20). The number of H-pyrrole nitrogens is 1. The van der Waals surface area contributed by atoms with Crippen LogP contribution in [0.2, 0.25) is 0 Å². The Morgan fingerprint density at radius 1 is 1.33 bits per heavy atom. The zero-order valence-corrected chi connectivity index (χ0v) is 12.8. The number of carbonyl (C=O) groups excluding carboxylic acids is 1. The zero-order chi connectivity index (χ0) is 14.8. The molecule has 108 valence electrons. The van der Waals surface area contributed by atoms with Gasteiger partial charge in [0.1, 0.15) is 0 Å². The Kier molecular flexibility index (Phi) is 3.88. The fourth-order valence-corrected chi connectivity index (χ4v) is 2.76. The fourth-order valence-electron chi connectivity index (χ4n) is 2.49. The van der Waals surface area contributed by atoms with Crippen LogP contribution < -0.4 is 5.56 Å². The van der Waals surface area contributed by atoms with Gasteiger partial charge in [-0.15, -0.1) is 0 Å². The number of nitrogens with one attached hydrogen (secondary N) is 1. The van der Waals surface area contributed by atoms with Crippen molar-refractivity contribution in [3.05, 3.63) is 62.5 Å². The summed E-state index contributed by atoms with van der Waals surface area (Å²) in [6, 6.07) is 9.53. The smallest absolute Gasteiger partial charge is 0.264 e. The molecule has 6 heteroatoms. The summed E-state index contributed by atoms with van der Waals surface area (Å²) in [7, 11) is 0. The molecule has 5 nitrogen and oxygen atoms in total. The van der Waals surface area contributed by atoms with Gasteiger partial charge in [0.2, 0.25) is 0 Å². The lowest BCUT2D eigenvalue weighted by Crippen LogP contribution is -2.50. The summed E-state index contributed by atoms with van der Waals surface area (Å²) in [5.41, 5.74) is 1.27. The molecule has 1 saturated heterocycles. The Morgan fingerprint density at radius 3 is 2.71 bits per heavy atom. The number of amides is 1. The van der Waals surface area contributed by atoms with E-state index in [9.17, 15) is 9.59 Å². The number of likely N-dealkylation sites (tertiary alicyclic amines) is 1. The minimum atomic E-state index is -0.354. The van der Waals surface area contributed by atoms with Gasteiger partial charge in [-0.25, -0.2) is 5.10 Å². The van der Waals surface area contributed by atoms with Crippen LogP contribution in [0.25, 0.3) is 0 Å². The lowest BCUT2D eigenvalue weighted by atomic mass is 9.92. The average molecular weight is 348 g/mol. The Labute approximate surface area is 130 Å². The van der Waals surface area contributed by atoms with Gasteiger partial charge in [-0.3, -0.25) is 9.59 Å². The fraction of sp³-hybridized carbons (Fsp3) is 0.267. The van der Waals surface area contributed by atoms with Crippen molar-refractivity contribution >= 4 is 21.8 Å². The summed E-state index contributed by atoms with van der Waals surface area (Å²) in [5, 5.41) is 5.92. The van der Waals surface area contributed by atoms with Gasteiger partial charge in [-0.2, -0.15) is 5.10 Å². The molecule has 1 amide bonds. The number of hydrogen-bond donors (Lipinski definition) is 1. The Morgan fingerprint density at radius 2 is 2.05 bits per heavy atom. The van der Waals surface area contributed by atoms with Crippen molar-refractivity contribution in [1.82, 2.24) is 15.1 Å². The topological polar surface area (TPSA) is 66.1 Å². The minimum Gasteiger partial charge on any atom is -0.338 e. The van der Waals surface area contributed by atoms with Crippen molar-refractivity contribution in [1.29, 1.82) is 0 Å². The van der Waals surface area contributed by atoms with Crippen LogP contribution >= 0.6 is 15.9 Å². The molecule has 1 aliphatic heterocycles. The molecule has 0 bridgehead atoms. The van der Waals surface area contributed by atoms with Crippen LogP contribution in [0, 0.1) is 5.92 Å². The van der Waals surface area contributed by atoms with Crippen molar-refractivity contribution in [3.63, 3.8) is 0 Å². The molecule has 2 heterocycles. The second-order valence-corrected chi connectivity index (χ2v) is 6.16. The van der Waals surface area contributed by atoms with Crippen molar-refractivity contribution < 1.29 is 4.79 Å². The quantitative estimate of drug-likeness (QED) is 0.921. The number of rotatable bonds is 3. The highest BCUT2D eigenvalue weighted by Crippen LogP contribution is 2.23. The van der Waals surface area contributed by atoms with E-state index < -0.39 is 0 Å². The summed E-state index contributed by atoms with van der Waals surface area (Å²) in [6.45, 7) is 1.45. The Hall–Kier alpha value is -1.95. The molecule has 0 unspecified atom stereocenters. The monoisotopic (exact) mass is 347 g/mol. The van der Waals surface area contributed by atoms with Gasteiger partial charge in [0.05, 0.1) is 11.8 Å². The van der Waals surface area contributed by atoms with Gasteiger partial charge in [-0.1, -0.05) is 28.1 Å². The number of nitrogens with zero attached hydrogens (tertiary/aromatic N) is 2. The lowest BCUT2D eigenvalue weighted by molar-refractivity contribution is 0.0500. The maximum Gasteiger partial charge on any atom is 0.264 e. The number of carbonyl (C=O) groups is 1. The predicted octanol–water partition coefficient (Wildman–Crippen LogP) is 1.85. The van der Waals surface area contributed by atoms with Crippen LogP contribution in [0.1, 0.15) is 15.9 Å². The van der Waals surface area contributed by atoms with Crippen LogP contribution in [-0.2, 0) is 6.42 Å².